The molecule has 2 aromatic carbocycles. The van der Waals surface area contributed by atoms with Crippen molar-refractivity contribution in [1.29, 1.82) is 0 Å². The molecule has 5 heteroatoms. The summed E-state index contributed by atoms with van der Waals surface area (Å²) in [6.45, 7) is 0. The largest absolute Gasteiger partial charge is 0.294 e. The molecule has 1 nitrogen and oxygen atoms in total. The van der Waals surface area contributed by atoms with Crippen LogP contribution in [0.1, 0.15) is 15.9 Å². The molecule has 19 heavy (non-hydrogen) atoms. The van der Waals surface area contributed by atoms with E-state index in [9.17, 15) is 13.6 Å². The van der Waals surface area contributed by atoms with Gasteiger partial charge in [-0.2, -0.15) is 0 Å². The summed E-state index contributed by atoms with van der Waals surface area (Å²) in [5, 5.41) is 0.350. The summed E-state index contributed by atoms with van der Waals surface area (Å²) in [5.41, 5.74) is 0.369. The molecule has 0 radical (unpaired) electrons. The third-order valence-corrected chi connectivity index (χ3v) is 3.51. The summed E-state index contributed by atoms with van der Waals surface area (Å²) >= 11 is 8.93. The molecular formula is C14H8BrClF2O. The van der Waals surface area contributed by atoms with E-state index in [0.717, 1.165) is 6.07 Å². The Morgan fingerprint density at radius 2 is 1.89 bits per heavy atom. The molecule has 0 saturated carbocycles. The lowest BCUT2D eigenvalue weighted by atomic mass is 10.0. The maximum atomic E-state index is 13.5. The first-order chi connectivity index (χ1) is 8.97. The van der Waals surface area contributed by atoms with Crippen molar-refractivity contribution < 1.29 is 13.6 Å². The summed E-state index contributed by atoms with van der Waals surface area (Å²) in [6.07, 6.45) is -0.172. The van der Waals surface area contributed by atoms with E-state index in [0.29, 0.717) is 9.50 Å². The lowest BCUT2D eigenvalue weighted by molar-refractivity contribution is 0.0990. The van der Waals surface area contributed by atoms with Gasteiger partial charge in [0.25, 0.3) is 0 Å². The minimum absolute atomic E-state index is 0.172. The van der Waals surface area contributed by atoms with Gasteiger partial charge in [-0.3, -0.25) is 4.79 Å². The van der Waals surface area contributed by atoms with Crippen LogP contribution in [0.15, 0.2) is 40.9 Å². The highest BCUT2D eigenvalue weighted by Gasteiger charge is 2.14. The standard InChI is InChI=1S/C14H8BrClF2O/c15-12-3-2-10(17)7-11(12)14(19)6-8-5-9(16)1-4-13(8)18/h1-5,7H,6H2. The second-order valence-corrected chi connectivity index (χ2v) is 5.25. The third-order valence-electron chi connectivity index (χ3n) is 2.59. The van der Waals surface area contributed by atoms with Gasteiger partial charge in [0.2, 0.25) is 0 Å². The van der Waals surface area contributed by atoms with Crippen LogP contribution in [0.2, 0.25) is 5.02 Å². The summed E-state index contributed by atoms with van der Waals surface area (Å²) < 4.78 is 27.1. The smallest absolute Gasteiger partial charge is 0.168 e. The molecule has 0 atom stereocenters. The molecule has 98 valence electrons. The van der Waals surface area contributed by atoms with Gasteiger partial charge in [0.1, 0.15) is 11.6 Å². The molecule has 0 fully saturated rings. The summed E-state index contributed by atoms with van der Waals surface area (Å²) in [6, 6.07) is 7.79. The summed E-state index contributed by atoms with van der Waals surface area (Å²) in [7, 11) is 0. The van der Waals surface area contributed by atoms with Gasteiger partial charge < -0.3 is 0 Å². The Kier molecular flexibility index (Phi) is 4.32. The average Bonchev–Trinajstić information content (AvgIpc) is 2.36. The highest BCUT2D eigenvalue weighted by molar-refractivity contribution is 9.10. The molecule has 2 rings (SSSR count). The van der Waals surface area contributed by atoms with Gasteiger partial charge in [0.05, 0.1) is 0 Å². The van der Waals surface area contributed by atoms with Crippen LogP contribution in [0.25, 0.3) is 0 Å². The van der Waals surface area contributed by atoms with E-state index < -0.39 is 11.6 Å². The molecule has 0 unspecified atom stereocenters. The Morgan fingerprint density at radius 1 is 1.16 bits per heavy atom. The molecule has 0 aliphatic heterocycles. The van der Waals surface area contributed by atoms with Crippen molar-refractivity contribution in [2.45, 2.75) is 6.42 Å². The number of halogens is 4. The first-order valence-electron chi connectivity index (χ1n) is 5.39. The average molecular weight is 346 g/mol. The molecular weight excluding hydrogens is 338 g/mol. The van der Waals surface area contributed by atoms with Crippen molar-refractivity contribution in [3.63, 3.8) is 0 Å². The molecule has 0 amide bonds. The Balaban J connectivity index is 2.30. The van der Waals surface area contributed by atoms with Gasteiger partial charge in [-0.25, -0.2) is 8.78 Å². The van der Waals surface area contributed by atoms with Crippen molar-refractivity contribution in [1.82, 2.24) is 0 Å². The van der Waals surface area contributed by atoms with Gasteiger partial charge in [0, 0.05) is 21.5 Å². The van der Waals surface area contributed by atoms with E-state index in [-0.39, 0.29) is 23.3 Å². The Bertz CT molecular complexity index is 643. The Labute approximate surface area is 122 Å². The van der Waals surface area contributed by atoms with Gasteiger partial charge in [0.15, 0.2) is 5.78 Å². The molecule has 0 aromatic heterocycles. The number of ketones is 1. The number of hydrogen-bond donors (Lipinski definition) is 0. The number of hydrogen-bond acceptors (Lipinski definition) is 1. The minimum atomic E-state index is -0.516. The SMILES string of the molecule is O=C(Cc1cc(Cl)ccc1F)c1cc(F)ccc1Br. The highest BCUT2D eigenvalue weighted by Crippen LogP contribution is 2.22. The third kappa shape index (κ3) is 3.39. The number of carbonyl (C=O) groups excluding carboxylic acids is 1. The molecule has 0 bridgehead atoms. The second-order valence-electron chi connectivity index (χ2n) is 3.96. The quantitative estimate of drug-likeness (QED) is 0.730. The fourth-order valence-corrected chi connectivity index (χ4v) is 2.32. The topological polar surface area (TPSA) is 17.1 Å². The summed E-state index contributed by atoms with van der Waals surface area (Å²) in [5.74, 6) is -1.41. The molecule has 0 aliphatic rings. The second kappa shape index (κ2) is 5.80. The number of Topliss-reactive ketones (excluding diaryl/α,β-unsaturated/α-hetero) is 1. The van der Waals surface area contributed by atoms with Gasteiger partial charge in [-0.05, 0) is 42.0 Å². The van der Waals surface area contributed by atoms with E-state index in [1.54, 1.807) is 0 Å². The normalized spacial score (nSPS) is 10.5. The summed E-state index contributed by atoms with van der Waals surface area (Å²) in [4.78, 5) is 12.0. The lowest BCUT2D eigenvalue weighted by Crippen LogP contribution is -2.06. The fraction of sp³-hybridized carbons (Fsp3) is 0.0714. The van der Waals surface area contributed by atoms with Crippen LogP contribution < -0.4 is 0 Å². The Morgan fingerprint density at radius 3 is 2.63 bits per heavy atom. The maximum Gasteiger partial charge on any atom is 0.168 e. The highest BCUT2D eigenvalue weighted by atomic mass is 79.9. The fourth-order valence-electron chi connectivity index (χ4n) is 1.66. The van der Waals surface area contributed by atoms with Crippen molar-refractivity contribution in [3.8, 4) is 0 Å². The number of rotatable bonds is 3. The lowest BCUT2D eigenvalue weighted by Gasteiger charge is -2.06. The van der Waals surface area contributed by atoms with Crippen molar-refractivity contribution in [2.75, 3.05) is 0 Å². The maximum absolute atomic E-state index is 13.5. The van der Waals surface area contributed by atoms with Crippen LogP contribution in [0.5, 0.6) is 0 Å². The van der Waals surface area contributed by atoms with Crippen LogP contribution >= 0.6 is 27.5 Å². The Hall–Kier alpha value is -1.26. The van der Waals surface area contributed by atoms with E-state index in [2.05, 4.69) is 15.9 Å². The molecule has 0 aliphatic carbocycles. The van der Waals surface area contributed by atoms with Crippen LogP contribution in [0, 0.1) is 11.6 Å². The molecule has 0 heterocycles. The van der Waals surface area contributed by atoms with Crippen molar-refractivity contribution >= 4 is 33.3 Å². The van der Waals surface area contributed by atoms with Crippen LogP contribution in [-0.2, 0) is 6.42 Å². The van der Waals surface area contributed by atoms with Crippen LogP contribution in [-0.4, -0.2) is 5.78 Å². The number of carbonyl (C=O) groups is 1. The first-order valence-corrected chi connectivity index (χ1v) is 6.56. The molecule has 2 aromatic rings. The van der Waals surface area contributed by atoms with E-state index >= 15 is 0 Å². The molecule has 0 spiro atoms. The zero-order chi connectivity index (χ0) is 14.0. The molecule has 0 N–H and O–H groups in total. The minimum Gasteiger partial charge on any atom is -0.294 e. The monoisotopic (exact) mass is 344 g/mol. The van der Waals surface area contributed by atoms with Gasteiger partial charge in [-0.15, -0.1) is 0 Å². The zero-order valence-electron chi connectivity index (χ0n) is 9.59. The van der Waals surface area contributed by atoms with Crippen LogP contribution in [0.4, 0.5) is 8.78 Å². The first kappa shape index (κ1) is 14.2. The van der Waals surface area contributed by atoms with Crippen molar-refractivity contribution in [2.24, 2.45) is 0 Å². The predicted molar refractivity (Wildman–Crippen MR) is 73.5 cm³/mol. The zero-order valence-corrected chi connectivity index (χ0v) is 11.9. The van der Waals surface area contributed by atoms with Crippen molar-refractivity contribution in [3.05, 3.63) is 68.7 Å². The number of benzene rings is 2. The van der Waals surface area contributed by atoms with Gasteiger partial charge in [-0.1, -0.05) is 27.5 Å². The van der Waals surface area contributed by atoms with E-state index in [1.807, 2.05) is 0 Å². The van der Waals surface area contributed by atoms with E-state index in [4.69, 9.17) is 11.6 Å². The van der Waals surface area contributed by atoms with Gasteiger partial charge >= 0.3 is 0 Å². The van der Waals surface area contributed by atoms with Crippen LogP contribution in [0.3, 0.4) is 0 Å². The predicted octanol–water partition coefficient (Wildman–Crippen LogP) is 4.81. The molecule has 0 saturated heterocycles. The van der Waals surface area contributed by atoms with E-state index in [1.165, 1.54) is 30.3 Å².